The Labute approximate surface area is 94.9 Å². The molecule has 0 spiro atoms. The van der Waals surface area contributed by atoms with Gasteiger partial charge < -0.3 is 5.73 Å². The predicted octanol–water partition coefficient (Wildman–Crippen LogP) is 1.44. The topological polar surface area (TPSA) is 67.6 Å². The quantitative estimate of drug-likeness (QED) is 0.794. The highest BCUT2D eigenvalue weighted by molar-refractivity contribution is 5.14. The first kappa shape index (κ1) is 10.8. The second kappa shape index (κ2) is 5.42. The Morgan fingerprint density at radius 3 is 2.62 bits per heavy atom. The fraction of sp³-hybridized carbons (Fsp3) is 0.333. The van der Waals surface area contributed by atoms with Gasteiger partial charge >= 0.3 is 0 Å². The van der Waals surface area contributed by atoms with Gasteiger partial charge in [-0.1, -0.05) is 30.3 Å². The van der Waals surface area contributed by atoms with Crippen molar-refractivity contribution < 1.29 is 0 Å². The lowest BCUT2D eigenvalue weighted by Gasteiger charge is -1.98. The molecule has 16 heavy (non-hydrogen) atoms. The van der Waals surface area contributed by atoms with E-state index in [0.717, 1.165) is 30.9 Å². The van der Waals surface area contributed by atoms with Gasteiger partial charge in [0.15, 0.2) is 5.82 Å². The molecule has 1 heterocycles. The monoisotopic (exact) mass is 216 g/mol. The first-order valence-electron chi connectivity index (χ1n) is 5.52. The summed E-state index contributed by atoms with van der Waals surface area (Å²) in [4.78, 5) is 4.27. The highest BCUT2D eigenvalue weighted by Gasteiger charge is 2.01. The Bertz CT molecular complexity index is 422. The fourth-order valence-electron chi connectivity index (χ4n) is 1.63. The minimum absolute atomic E-state index is 0.422. The Balaban J connectivity index is 1.80. The van der Waals surface area contributed by atoms with E-state index in [1.807, 2.05) is 6.07 Å². The SMILES string of the molecule is NCc1nc(CCCc2ccccc2)n[nH]1. The molecule has 0 atom stereocenters. The molecule has 0 aliphatic heterocycles. The number of aryl methyl sites for hydroxylation is 2. The molecule has 0 saturated carbocycles. The van der Waals surface area contributed by atoms with Crippen molar-refractivity contribution in [2.24, 2.45) is 5.73 Å². The number of hydrogen-bond donors (Lipinski definition) is 2. The smallest absolute Gasteiger partial charge is 0.150 e. The summed E-state index contributed by atoms with van der Waals surface area (Å²) in [5.41, 5.74) is 6.81. The zero-order chi connectivity index (χ0) is 11.2. The third-order valence-electron chi connectivity index (χ3n) is 2.48. The van der Waals surface area contributed by atoms with E-state index in [1.165, 1.54) is 5.56 Å². The van der Waals surface area contributed by atoms with Crippen LogP contribution in [0.4, 0.5) is 0 Å². The average molecular weight is 216 g/mol. The largest absolute Gasteiger partial charge is 0.324 e. The molecule has 0 bridgehead atoms. The maximum absolute atomic E-state index is 5.45. The molecule has 3 N–H and O–H groups in total. The van der Waals surface area contributed by atoms with Crippen LogP contribution in [-0.4, -0.2) is 15.2 Å². The van der Waals surface area contributed by atoms with E-state index in [0.29, 0.717) is 6.54 Å². The summed E-state index contributed by atoms with van der Waals surface area (Å²) in [6, 6.07) is 10.4. The summed E-state index contributed by atoms with van der Waals surface area (Å²) in [5.74, 6) is 1.62. The summed E-state index contributed by atoms with van der Waals surface area (Å²) in [6.45, 7) is 0.422. The van der Waals surface area contributed by atoms with Crippen LogP contribution in [0.25, 0.3) is 0 Å². The summed E-state index contributed by atoms with van der Waals surface area (Å²) in [7, 11) is 0. The van der Waals surface area contributed by atoms with Crippen molar-refractivity contribution in [2.75, 3.05) is 0 Å². The Hall–Kier alpha value is -1.68. The van der Waals surface area contributed by atoms with Crippen LogP contribution in [-0.2, 0) is 19.4 Å². The van der Waals surface area contributed by atoms with Crippen molar-refractivity contribution in [1.82, 2.24) is 15.2 Å². The molecular formula is C12H16N4. The van der Waals surface area contributed by atoms with Crippen molar-refractivity contribution in [1.29, 1.82) is 0 Å². The lowest BCUT2D eigenvalue weighted by molar-refractivity contribution is 0.774. The molecule has 0 unspecified atom stereocenters. The summed E-state index contributed by atoms with van der Waals surface area (Å²) in [6.07, 6.45) is 3.02. The molecule has 0 saturated heterocycles. The molecule has 0 aliphatic carbocycles. The van der Waals surface area contributed by atoms with Crippen molar-refractivity contribution in [2.45, 2.75) is 25.8 Å². The van der Waals surface area contributed by atoms with Gasteiger partial charge in [-0.05, 0) is 18.4 Å². The van der Waals surface area contributed by atoms with Crippen molar-refractivity contribution in [3.05, 3.63) is 47.5 Å². The number of nitrogens with two attached hydrogens (primary N) is 1. The van der Waals surface area contributed by atoms with Crippen molar-refractivity contribution in [3.63, 3.8) is 0 Å². The number of benzene rings is 1. The molecule has 4 nitrogen and oxygen atoms in total. The molecule has 0 fully saturated rings. The average Bonchev–Trinajstić information content (AvgIpc) is 2.78. The highest BCUT2D eigenvalue weighted by Crippen LogP contribution is 2.05. The third-order valence-corrected chi connectivity index (χ3v) is 2.48. The molecule has 2 aromatic rings. The Morgan fingerprint density at radius 2 is 1.94 bits per heavy atom. The van der Waals surface area contributed by atoms with Crippen LogP contribution in [0.2, 0.25) is 0 Å². The van der Waals surface area contributed by atoms with E-state index in [-0.39, 0.29) is 0 Å². The second-order valence-electron chi connectivity index (χ2n) is 3.74. The van der Waals surface area contributed by atoms with E-state index >= 15 is 0 Å². The lowest BCUT2D eigenvalue weighted by Crippen LogP contribution is -1.98. The molecular weight excluding hydrogens is 200 g/mol. The van der Waals surface area contributed by atoms with Crippen LogP contribution >= 0.6 is 0 Å². The fourth-order valence-corrected chi connectivity index (χ4v) is 1.63. The number of rotatable bonds is 5. The number of H-pyrrole nitrogens is 1. The van der Waals surface area contributed by atoms with Gasteiger partial charge in [0, 0.05) is 6.42 Å². The minimum atomic E-state index is 0.422. The molecule has 1 aromatic heterocycles. The molecule has 84 valence electrons. The predicted molar refractivity (Wildman–Crippen MR) is 62.7 cm³/mol. The number of nitrogens with zero attached hydrogens (tertiary/aromatic N) is 2. The third kappa shape index (κ3) is 2.90. The van der Waals surface area contributed by atoms with Gasteiger partial charge in [-0.25, -0.2) is 4.98 Å². The summed E-state index contributed by atoms with van der Waals surface area (Å²) in [5, 5.41) is 6.92. The van der Waals surface area contributed by atoms with E-state index in [9.17, 15) is 0 Å². The van der Waals surface area contributed by atoms with Crippen LogP contribution in [0.3, 0.4) is 0 Å². The van der Waals surface area contributed by atoms with E-state index in [4.69, 9.17) is 5.73 Å². The van der Waals surface area contributed by atoms with Gasteiger partial charge in [-0.15, -0.1) is 0 Å². The maximum atomic E-state index is 5.45. The second-order valence-corrected chi connectivity index (χ2v) is 3.74. The first-order valence-corrected chi connectivity index (χ1v) is 5.52. The number of aromatic amines is 1. The standard InChI is InChI=1S/C12H16N4/c13-9-12-14-11(15-16-12)8-4-7-10-5-2-1-3-6-10/h1-3,5-6H,4,7-9,13H2,(H,14,15,16). The van der Waals surface area contributed by atoms with Crippen LogP contribution < -0.4 is 5.73 Å². The van der Waals surface area contributed by atoms with Crippen LogP contribution in [0.5, 0.6) is 0 Å². The van der Waals surface area contributed by atoms with Gasteiger partial charge in [-0.2, -0.15) is 5.10 Å². The molecule has 4 heteroatoms. The molecule has 1 aromatic carbocycles. The lowest BCUT2D eigenvalue weighted by atomic mass is 10.1. The maximum Gasteiger partial charge on any atom is 0.150 e. The van der Waals surface area contributed by atoms with Crippen LogP contribution in [0.15, 0.2) is 30.3 Å². The Morgan fingerprint density at radius 1 is 1.12 bits per heavy atom. The molecule has 0 amide bonds. The van der Waals surface area contributed by atoms with Gasteiger partial charge in [0.05, 0.1) is 6.54 Å². The number of aromatic nitrogens is 3. The van der Waals surface area contributed by atoms with E-state index in [2.05, 4.69) is 39.4 Å². The first-order chi connectivity index (χ1) is 7.88. The molecule has 0 radical (unpaired) electrons. The zero-order valence-corrected chi connectivity index (χ0v) is 9.19. The van der Waals surface area contributed by atoms with Gasteiger partial charge in [0.1, 0.15) is 5.82 Å². The molecule has 2 rings (SSSR count). The van der Waals surface area contributed by atoms with Gasteiger partial charge in [0.2, 0.25) is 0 Å². The number of hydrogen-bond acceptors (Lipinski definition) is 3. The normalized spacial score (nSPS) is 10.6. The van der Waals surface area contributed by atoms with Crippen LogP contribution in [0.1, 0.15) is 23.6 Å². The van der Waals surface area contributed by atoms with Crippen molar-refractivity contribution >= 4 is 0 Å². The molecule has 0 aliphatic rings. The minimum Gasteiger partial charge on any atom is -0.324 e. The van der Waals surface area contributed by atoms with Crippen molar-refractivity contribution in [3.8, 4) is 0 Å². The number of nitrogens with one attached hydrogen (secondary N) is 1. The Kier molecular flexibility index (Phi) is 3.66. The van der Waals surface area contributed by atoms with E-state index in [1.54, 1.807) is 0 Å². The van der Waals surface area contributed by atoms with Crippen LogP contribution in [0, 0.1) is 0 Å². The summed E-state index contributed by atoms with van der Waals surface area (Å²) >= 11 is 0. The summed E-state index contributed by atoms with van der Waals surface area (Å²) < 4.78 is 0. The van der Waals surface area contributed by atoms with Gasteiger partial charge in [0.25, 0.3) is 0 Å². The van der Waals surface area contributed by atoms with E-state index < -0.39 is 0 Å². The zero-order valence-electron chi connectivity index (χ0n) is 9.19. The van der Waals surface area contributed by atoms with Gasteiger partial charge in [-0.3, -0.25) is 5.10 Å². The highest BCUT2D eigenvalue weighted by atomic mass is 15.2.